The van der Waals surface area contributed by atoms with Gasteiger partial charge in [0.25, 0.3) is 0 Å². The Bertz CT molecular complexity index is 1390. The lowest BCUT2D eigenvalue weighted by atomic mass is 9.96. The number of carbonyl (C=O) groups is 1. The summed E-state index contributed by atoms with van der Waals surface area (Å²) in [6.07, 6.45) is 5.79. The molecule has 5 rings (SSSR count). The monoisotopic (exact) mass is 482 g/mol. The molecule has 1 unspecified atom stereocenters. The number of nitrogens with zero attached hydrogens (tertiary/aromatic N) is 2. The highest BCUT2D eigenvalue weighted by atomic mass is 32.2. The fourth-order valence-electron chi connectivity index (χ4n) is 4.47. The number of amides is 1. The Hall–Kier alpha value is -3.35. The lowest BCUT2D eigenvalue weighted by molar-refractivity contribution is -0.115. The molecule has 5 nitrogen and oxygen atoms in total. The molecule has 35 heavy (non-hydrogen) atoms. The van der Waals surface area contributed by atoms with Gasteiger partial charge in [0.15, 0.2) is 0 Å². The van der Waals surface area contributed by atoms with E-state index in [2.05, 4.69) is 83.1 Å². The average molecular weight is 483 g/mol. The van der Waals surface area contributed by atoms with Crippen molar-refractivity contribution in [3.63, 3.8) is 0 Å². The second-order valence-electron chi connectivity index (χ2n) is 9.14. The summed E-state index contributed by atoms with van der Waals surface area (Å²) in [6.45, 7) is 1.93. The number of fused-ring (bicyclic) bond motifs is 2. The molecule has 4 aromatic rings. The smallest absolute Gasteiger partial charge is 0.238 e. The van der Waals surface area contributed by atoms with Crippen LogP contribution in [0.25, 0.3) is 32.7 Å². The Balaban J connectivity index is 1.39. The molecule has 1 atom stereocenters. The highest BCUT2D eigenvalue weighted by Gasteiger charge is 2.20. The number of thioether (sulfide) groups is 1. The quantitative estimate of drug-likeness (QED) is 0.286. The number of hydrogen-bond acceptors (Lipinski definition) is 5. The Morgan fingerprint density at radius 2 is 1.91 bits per heavy atom. The first-order valence-corrected chi connectivity index (χ1v) is 12.9. The first kappa shape index (κ1) is 23.4. The van der Waals surface area contributed by atoms with Gasteiger partial charge in [0.1, 0.15) is 5.82 Å². The van der Waals surface area contributed by atoms with E-state index in [1.807, 2.05) is 29.8 Å². The molecule has 2 heterocycles. The summed E-state index contributed by atoms with van der Waals surface area (Å²) >= 11 is 1.58. The van der Waals surface area contributed by atoms with Gasteiger partial charge in [-0.1, -0.05) is 42.5 Å². The topological polar surface area (TPSA) is 57.3 Å². The third-order valence-electron chi connectivity index (χ3n) is 6.28. The van der Waals surface area contributed by atoms with E-state index >= 15 is 0 Å². The number of rotatable bonds is 8. The number of aromatic nitrogens is 1. The lowest BCUT2D eigenvalue weighted by Gasteiger charge is -2.14. The number of hydrogen-bond donors (Lipinski definition) is 2. The van der Waals surface area contributed by atoms with Crippen LogP contribution in [0.4, 0.5) is 11.5 Å². The molecule has 2 N–H and O–H groups in total. The first-order valence-electron chi connectivity index (χ1n) is 12.0. The van der Waals surface area contributed by atoms with Crippen molar-refractivity contribution in [2.75, 3.05) is 37.8 Å². The molecule has 0 fully saturated rings. The van der Waals surface area contributed by atoms with Crippen LogP contribution in [0.15, 0.2) is 78.3 Å². The summed E-state index contributed by atoms with van der Waals surface area (Å²) < 4.78 is 0. The molecule has 1 amide bonds. The van der Waals surface area contributed by atoms with Crippen LogP contribution < -0.4 is 10.6 Å². The Morgan fingerprint density at radius 3 is 2.74 bits per heavy atom. The van der Waals surface area contributed by atoms with Crippen molar-refractivity contribution in [1.29, 1.82) is 0 Å². The van der Waals surface area contributed by atoms with Gasteiger partial charge in [0, 0.05) is 23.8 Å². The van der Waals surface area contributed by atoms with Gasteiger partial charge in [-0.25, -0.2) is 4.98 Å². The molecule has 0 radical (unpaired) electrons. The number of anilines is 2. The van der Waals surface area contributed by atoms with Crippen LogP contribution in [0.3, 0.4) is 0 Å². The van der Waals surface area contributed by atoms with Crippen LogP contribution in [0.1, 0.15) is 12.8 Å². The summed E-state index contributed by atoms with van der Waals surface area (Å²) in [5, 5.41) is 13.1. The third kappa shape index (κ3) is 5.34. The maximum atomic E-state index is 12.5. The van der Waals surface area contributed by atoms with Gasteiger partial charge in [-0.15, -0.1) is 11.8 Å². The molecule has 3 aromatic carbocycles. The van der Waals surface area contributed by atoms with Crippen molar-refractivity contribution < 1.29 is 4.79 Å². The van der Waals surface area contributed by atoms with E-state index in [4.69, 9.17) is 0 Å². The van der Waals surface area contributed by atoms with E-state index in [1.54, 1.807) is 11.8 Å². The third-order valence-corrected chi connectivity index (χ3v) is 7.37. The van der Waals surface area contributed by atoms with Crippen LogP contribution in [-0.2, 0) is 4.79 Å². The highest BCUT2D eigenvalue weighted by Crippen LogP contribution is 2.34. The second kappa shape index (κ2) is 10.5. The number of pyridine rings is 1. The maximum Gasteiger partial charge on any atom is 0.238 e. The molecular weight excluding hydrogens is 452 g/mol. The van der Waals surface area contributed by atoms with Crippen molar-refractivity contribution in [1.82, 2.24) is 9.88 Å². The van der Waals surface area contributed by atoms with Gasteiger partial charge in [-0.3, -0.25) is 4.79 Å². The summed E-state index contributed by atoms with van der Waals surface area (Å²) in [4.78, 5) is 19.3. The zero-order valence-corrected chi connectivity index (χ0v) is 20.9. The van der Waals surface area contributed by atoms with Crippen LogP contribution in [0, 0.1) is 0 Å². The van der Waals surface area contributed by atoms with Gasteiger partial charge in [-0.2, -0.15) is 0 Å². The Kier molecular flexibility index (Phi) is 7.02. The van der Waals surface area contributed by atoms with Crippen molar-refractivity contribution in [2.45, 2.75) is 18.1 Å². The average Bonchev–Trinajstić information content (AvgIpc) is 3.41. The highest BCUT2D eigenvalue weighted by molar-refractivity contribution is 8.03. The minimum absolute atomic E-state index is 0.0266. The van der Waals surface area contributed by atoms with Crippen LogP contribution in [0.5, 0.6) is 0 Å². The zero-order valence-electron chi connectivity index (χ0n) is 20.1. The molecule has 1 aliphatic heterocycles. The number of nitrogens with one attached hydrogen (secondary N) is 2. The molecule has 1 aliphatic rings. The zero-order chi connectivity index (χ0) is 24.2. The minimum Gasteiger partial charge on any atom is -0.370 e. The Labute approximate surface area is 210 Å². The fourth-order valence-corrected chi connectivity index (χ4v) is 5.29. The molecular formula is C29H30N4OS. The standard InChI is InChI=1S/C29H30N4OS/c1-33(2)16-5-14-30-28-26-7-3-6-24(25(26)13-15-31-28)22-10-9-21-19-23(12-11-20(21)18-22)32-29(34)27-8-4-17-35-27/h3-4,6-7,9-13,15,17-19,27H,5,8,14,16H2,1-2H3,(H,30,31)(H,32,34). The SMILES string of the molecule is CN(C)CCCNc1nccc2c(-c3ccc4cc(NC(=O)C5CC=CS5)ccc4c3)cccc12. The molecule has 6 heteroatoms. The summed E-state index contributed by atoms with van der Waals surface area (Å²) in [5.74, 6) is 0.992. The molecule has 0 bridgehead atoms. The second-order valence-corrected chi connectivity index (χ2v) is 10.3. The van der Waals surface area contributed by atoms with E-state index in [-0.39, 0.29) is 11.2 Å². The molecule has 0 aliphatic carbocycles. The van der Waals surface area contributed by atoms with E-state index in [9.17, 15) is 4.79 Å². The number of allylic oxidation sites excluding steroid dienone is 1. The van der Waals surface area contributed by atoms with Crippen molar-refractivity contribution in [2.24, 2.45) is 0 Å². The largest absolute Gasteiger partial charge is 0.370 e. The van der Waals surface area contributed by atoms with E-state index in [0.717, 1.165) is 59.2 Å². The lowest BCUT2D eigenvalue weighted by Crippen LogP contribution is -2.22. The normalized spacial score (nSPS) is 15.2. The van der Waals surface area contributed by atoms with Crippen LogP contribution in [-0.4, -0.2) is 48.2 Å². The number of benzene rings is 3. The van der Waals surface area contributed by atoms with Gasteiger partial charge in [0.05, 0.1) is 5.25 Å². The minimum atomic E-state index is -0.0266. The van der Waals surface area contributed by atoms with Crippen molar-refractivity contribution >= 4 is 50.7 Å². The van der Waals surface area contributed by atoms with E-state index < -0.39 is 0 Å². The van der Waals surface area contributed by atoms with Gasteiger partial charge in [-0.05, 0) is 90.4 Å². The first-order chi connectivity index (χ1) is 17.1. The Morgan fingerprint density at radius 1 is 1.06 bits per heavy atom. The maximum absolute atomic E-state index is 12.5. The summed E-state index contributed by atoms with van der Waals surface area (Å²) in [5.41, 5.74) is 3.19. The summed E-state index contributed by atoms with van der Waals surface area (Å²) in [7, 11) is 4.19. The fraction of sp³-hybridized carbons (Fsp3) is 0.241. The molecule has 1 aromatic heterocycles. The van der Waals surface area contributed by atoms with Crippen molar-refractivity contribution in [3.8, 4) is 11.1 Å². The molecule has 0 saturated carbocycles. The molecule has 178 valence electrons. The van der Waals surface area contributed by atoms with Crippen molar-refractivity contribution in [3.05, 3.63) is 78.3 Å². The van der Waals surface area contributed by atoms with Gasteiger partial charge >= 0.3 is 0 Å². The predicted octanol–water partition coefficient (Wildman–Crippen LogP) is 6.38. The molecule has 0 spiro atoms. The molecule has 0 saturated heterocycles. The summed E-state index contributed by atoms with van der Waals surface area (Å²) in [6, 6.07) is 21.1. The van der Waals surface area contributed by atoms with Gasteiger partial charge < -0.3 is 15.5 Å². The number of carbonyl (C=O) groups excluding carboxylic acids is 1. The van der Waals surface area contributed by atoms with E-state index in [0.29, 0.717) is 0 Å². The van der Waals surface area contributed by atoms with Crippen LogP contribution >= 0.6 is 11.8 Å². The van der Waals surface area contributed by atoms with Crippen LogP contribution in [0.2, 0.25) is 0 Å². The van der Waals surface area contributed by atoms with Gasteiger partial charge in [0.2, 0.25) is 5.91 Å². The predicted molar refractivity (Wildman–Crippen MR) is 150 cm³/mol. The van der Waals surface area contributed by atoms with E-state index in [1.165, 1.54) is 10.9 Å².